The van der Waals surface area contributed by atoms with Crippen LogP contribution in [-0.4, -0.2) is 17.9 Å². The maximum Gasteiger partial charge on any atom is 0.416 e. The number of aryl methyl sites for hydroxylation is 1. The van der Waals surface area contributed by atoms with E-state index in [9.17, 15) is 27.2 Å². The second-order valence-corrected chi connectivity index (χ2v) is 5.72. The highest BCUT2D eigenvalue weighted by Gasteiger charge is 2.31. The molecular formula is C18H16F4N2O3. The third-order valence-corrected chi connectivity index (χ3v) is 3.59. The lowest BCUT2D eigenvalue weighted by Gasteiger charge is -2.14. The predicted molar refractivity (Wildman–Crippen MR) is 89.2 cm³/mol. The van der Waals surface area contributed by atoms with Crippen molar-refractivity contribution in [3.8, 4) is 0 Å². The van der Waals surface area contributed by atoms with Crippen molar-refractivity contribution in [1.29, 1.82) is 0 Å². The van der Waals surface area contributed by atoms with Crippen LogP contribution in [0.3, 0.4) is 0 Å². The molecule has 0 aliphatic rings. The van der Waals surface area contributed by atoms with Crippen LogP contribution in [0.25, 0.3) is 0 Å². The molecule has 27 heavy (non-hydrogen) atoms. The Morgan fingerprint density at radius 2 is 1.81 bits per heavy atom. The van der Waals surface area contributed by atoms with Crippen molar-refractivity contribution in [2.45, 2.75) is 26.1 Å². The van der Waals surface area contributed by atoms with Gasteiger partial charge in [-0.2, -0.15) is 13.2 Å². The van der Waals surface area contributed by atoms with Gasteiger partial charge < -0.3 is 5.32 Å². The zero-order valence-corrected chi connectivity index (χ0v) is 14.4. The Hall–Kier alpha value is -2.94. The summed E-state index contributed by atoms with van der Waals surface area (Å²) >= 11 is 0. The first-order valence-electron chi connectivity index (χ1n) is 7.78. The van der Waals surface area contributed by atoms with E-state index in [1.54, 1.807) is 6.92 Å². The molecule has 0 aliphatic heterocycles. The first kappa shape index (κ1) is 20.4. The van der Waals surface area contributed by atoms with E-state index in [2.05, 4.69) is 5.32 Å². The molecule has 2 N–H and O–H groups in total. The van der Waals surface area contributed by atoms with Gasteiger partial charge in [-0.3, -0.25) is 14.4 Å². The number of hydroxylamine groups is 1. The Balaban J connectivity index is 1.94. The lowest BCUT2D eigenvalue weighted by Crippen LogP contribution is -2.35. The van der Waals surface area contributed by atoms with E-state index in [1.165, 1.54) is 25.1 Å². The van der Waals surface area contributed by atoms with Gasteiger partial charge in [0.25, 0.3) is 11.8 Å². The van der Waals surface area contributed by atoms with Crippen molar-refractivity contribution in [3.05, 3.63) is 65.0 Å². The number of alkyl halides is 3. The summed E-state index contributed by atoms with van der Waals surface area (Å²) in [6.07, 6.45) is -5.77. The molecule has 0 saturated heterocycles. The fourth-order valence-electron chi connectivity index (χ4n) is 2.01. The van der Waals surface area contributed by atoms with Gasteiger partial charge in [0.05, 0.1) is 5.56 Å². The minimum Gasteiger partial charge on any atom is -0.324 e. The molecule has 144 valence electrons. The van der Waals surface area contributed by atoms with Gasteiger partial charge in [0.15, 0.2) is 6.10 Å². The normalized spacial score (nSPS) is 12.4. The molecule has 0 saturated carbocycles. The number of anilines is 1. The fraction of sp³-hybridized carbons (Fsp3) is 0.222. The highest BCUT2D eigenvalue weighted by Crippen LogP contribution is 2.29. The monoisotopic (exact) mass is 384 g/mol. The molecule has 0 bridgehead atoms. The summed E-state index contributed by atoms with van der Waals surface area (Å²) < 4.78 is 51.5. The van der Waals surface area contributed by atoms with E-state index in [0.717, 1.165) is 18.2 Å². The Morgan fingerprint density at radius 3 is 2.44 bits per heavy atom. The summed E-state index contributed by atoms with van der Waals surface area (Å²) in [6, 6.07) is 7.85. The van der Waals surface area contributed by atoms with Gasteiger partial charge in [-0.15, -0.1) is 0 Å². The number of carbonyl (C=O) groups excluding carboxylic acids is 2. The van der Waals surface area contributed by atoms with Crippen LogP contribution in [0.5, 0.6) is 0 Å². The lowest BCUT2D eigenvalue weighted by molar-refractivity contribution is -0.137. The first-order chi connectivity index (χ1) is 12.6. The Kier molecular flexibility index (Phi) is 6.17. The topological polar surface area (TPSA) is 67.4 Å². The van der Waals surface area contributed by atoms with Gasteiger partial charge in [-0.05, 0) is 49.7 Å². The Bertz CT molecular complexity index is 853. The molecule has 2 aromatic rings. The third-order valence-electron chi connectivity index (χ3n) is 3.59. The predicted octanol–water partition coefficient (Wildman–Crippen LogP) is 3.84. The minimum absolute atomic E-state index is 0.197. The number of halogens is 4. The SMILES string of the molecule is Cc1ccc(NC(=O)C(C)ONC(=O)c2cccc(C(F)(F)F)c2)cc1F. The maximum absolute atomic E-state index is 13.5. The van der Waals surface area contributed by atoms with Crippen molar-refractivity contribution < 1.29 is 32.0 Å². The summed E-state index contributed by atoms with van der Waals surface area (Å²) in [6.45, 7) is 2.88. The molecule has 1 atom stereocenters. The zero-order valence-electron chi connectivity index (χ0n) is 14.4. The Morgan fingerprint density at radius 1 is 1.11 bits per heavy atom. The average molecular weight is 384 g/mol. The summed E-state index contributed by atoms with van der Waals surface area (Å²) in [4.78, 5) is 28.8. The molecule has 2 rings (SSSR count). The van der Waals surface area contributed by atoms with Gasteiger partial charge >= 0.3 is 6.18 Å². The quantitative estimate of drug-likeness (QED) is 0.608. The largest absolute Gasteiger partial charge is 0.416 e. The third kappa shape index (κ3) is 5.52. The minimum atomic E-state index is -4.59. The number of benzene rings is 2. The molecule has 2 aromatic carbocycles. The summed E-state index contributed by atoms with van der Waals surface area (Å²) in [7, 11) is 0. The van der Waals surface area contributed by atoms with Gasteiger partial charge in [0.2, 0.25) is 0 Å². The van der Waals surface area contributed by atoms with Crippen LogP contribution in [0.2, 0.25) is 0 Å². The second-order valence-electron chi connectivity index (χ2n) is 5.72. The van der Waals surface area contributed by atoms with Crippen LogP contribution in [0, 0.1) is 12.7 Å². The van der Waals surface area contributed by atoms with Crippen LogP contribution in [-0.2, 0) is 15.8 Å². The highest BCUT2D eigenvalue weighted by atomic mass is 19.4. The number of nitrogens with one attached hydrogen (secondary N) is 2. The van der Waals surface area contributed by atoms with Gasteiger partial charge in [0, 0.05) is 11.3 Å². The number of rotatable bonds is 5. The van der Waals surface area contributed by atoms with Crippen LogP contribution in [0.15, 0.2) is 42.5 Å². The molecule has 1 unspecified atom stereocenters. The highest BCUT2D eigenvalue weighted by molar-refractivity contribution is 5.95. The van der Waals surface area contributed by atoms with E-state index in [4.69, 9.17) is 4.84 Å². The van der Waals surface area contributed by atoms with Crippen molar-refractivity contribution in [2.75, 3.05) is 5.32 Å². The molecule has 0 spiro atoms. The number of carbonyl (C=O) groups is 2. The maximum atomic E-state index is 13.5. The average Bonchev–Trinajstić information content (AvgIpc) is 2.61. The number of hydrogen-bond donors (Lipinski definition) is 2. The molecule has 0 aromatic heterocycles. The molecule has 9 heteroatoms. The summed E-state index contributed by atoms with van der Waals surface area (Å²) in [5, 5.41) is 2.40. The van der Waals surface area contributed by atoms with Crippen LogP contribution >= 0.6 is 0 Å². The molecule has 0 heterocycles. The van der Waals surface area contributed by atoms with Crippen molar-refractivity contribution in [3.63, 3.8) is 0 Å². The van der Waals surface area contributed by atoms with Crippen molar-refractivity contribution in [1.82, 2.24) is 5.48 Å². The van der Waals surface area contributed by atoms with E-state index in [-0.39, 0.29) is 11.3 Å². The molecule has 0 aliphatic carbocycles. The second kappa shape index (κ2) is 8.17. The van der Waals surface area contributed by atoms with E-state index in [1.807, 2.05) is 5.48 Å². The molecule has 2 amide bonds. The Labute approximate surface area is 152 Å². The smallest absolute Gasteiger partial charge is 0.324 e. The molecule has 0 fully saturated rings. The van der Waals surface area contributed by atoms with Crippen molar-refractivity contribution in [2.24, 2.45) is 0 Å². The molecular weight excluding hydrogens is 368 g/mol. The lowest BCUT2D eigenvalue weighted by atomic mass is 10.1. The van der Waals surface area contributed by atoms with Crippen LogP contribution < -0.4 is 10.8 Å². The number of hydrogen-bond acceptors (Lipinski definition) is 3. The fourth-order valence-corrected chi connectivity index (χ4v) is 2.01. The van der Waals surface area contributed by atoms with Crippen LogP contribution in [0.1, 0.15) is 28.4 Å². The zero-order chi connectivity index (χ0) is 20.2. The van der Waals surface area contributed by atoms with E-state index >= 15 is 0 Å². The summed E-state index contributed by atoms with van der Waals surface area (Å²) in [5.74, 6) is -2.12. The number of amides is 2. The summed E-state index contributed by atoms with van der Waals surface area (Å²) in [5.41, 5.74) is 1.26. The van der Waals surface area contributed by atoms with E-state index < -0.39 is 35.5 Å². The van der Waals surface area contributed by atoms with Gasteiger partial charge in [-0.1, -0.05) is 12.1 Å². The van der Waals surface area contributed by atoms with E-state index in [0.29, 0.717) is 11.6 Å². The molecule has 0 radical (unpaired) electrons. The van der Waals surface area contributed by atoms with Gasteiger partial charge in [-0.25, -0.2) is 9.87 Å². The van der Waals surface area contributed by atoms with Crippen molar-refractivity contribution >= 4 is 17.5 Å². The standard InChI is InChI=1S/C18H16F4N2O3/c1-10-6-7-14(9-15(10)19)23-16(25)11(2)27-24-17(26)12-4-3-5-13(8-12)18(20,21)22/h3-9,11H,1-2H3,(H,23,25)(H,24,26). The molecule has 5 nitrogen and oxygen atoms in total. The van der Waals surface area contributed by atoms with Crippen LogP contribution in [0.4, 0.5) is 23.2 Å². The first-order valence-corrected chi connectivity index (χ1v) is 7.78. The van der Waals surface area contributed by atoms with Gasteiger partial charge in [0.1, 0.15) is 5.82 Å².